The molecule has 1 amide bonds. The molecule has 2 aliphatic rings. The number of fused-ring (bicyclic) bond motifs is 2. The van der Waals surface area contributed by atoms with Crippen LogP contribution in [0.4, 0.5) is 4.39 Å². The minimum Gasteiger partial charge on any atom is -0.327 e. The van der Waals surface area contributed by atoms with Crippen LogP contribution in [0.1, 0.15) is 65.7 Å². The van der Waals surface area contributed by atoms with E-state index < -0.39 is 12.7 Å². The highest BCUT2D eigenvalue weighted by molar-refractivity contribution is 9.10. The van der Waals surface area contributed by atoms with Gasteiger partial charge in [-0.25, -0.2) is 19.3 Å². The molecule has 0 unspecified atom stereocenters. The summed E-state index contributed by atoms with van der Waals surface area (Å²) in [7, 11) is 4.08. The van der Waals surface area contributed by atoms with E-state index in [2.05, 4.69) is 40.9 Å². The molecule has 4 aromatic rings. The predicted molar refractivity (Wildman–Crippen MR) is 180 cm³/mol. The van der Waals surface area contributed by atoms with E-state index in [9.17, 15) is 18.8 Å². The van der Waals surface area contributed by atoms with Gasteiger partial charge in [0.25, 0.3) is 0 Å². The molecule has 0 spiro atoms. The Labute approximate surface area is 281 Å². The standard InChI is InChI=1S/C35H39BrFN7O3/c1-20-7-8-31(36)40-27(20)13-29(46)28-14-35(9-6-10-42(4)5)15-30(35)44(28)32(47)19-43-34-24(16-37)11-23(25-17-38-22(3)39-18-25)12-26(34)33(41-43)21(2)45/h7-8,11-12,17-18,28,30H,6,9-10,13-16,19H2,1-5H3/t28-,30+,35-/m0/s1. The van der Waals surface area contributed by atoms with Gasteiger partial charge in [-0.3, -0.25) is 19.1 Å². The molecule has 0 radical (unpaired) electrons. The van der Waals surface area contributed by atoms with Gasteiger partial charge in [0.2, 0.25) is 5.91 Å². The van der Waals surface area contributed by atoms with Gasteiger partial charge in [0, 0.05) is 41.9 Å². The Bertz CT molecular complexity index is 1880. The number of Topliss-reactive ketones (excluding diaryl/α,β-unsaturated/α-hetero) is 2. The molecule has 0 N–H and O–H groups in total. The predicted octanol–water partition coefficient (Wildman–Crippen LogP) is 5.45. The molecule has 1 aromatic carbocycles. The molecule has 3 atom stereocenters. The van der Waals surface area contributed by atoms with Crippen molar-refractivity contribution in [1.82, 2.24) is 34.5 Å². The Morgan fingerprint density at radius 1 is 1.09 bits per heavy atom. The van der Waals surface area contributed by atoms with Crippen molar-refractivity contribution in [3.63, 3.8) is 0 Å². The second kappa shape index (κ2) is 13.0. The fourth-order valence-corrected chi connectivity index (χ4v) is 7.53. The van der Waals surface area contributed by atoms with Crippen LogP contribution in [0.3, 0.4) is 0 Å². The monoisotopic (exact) mass is 703 g/mol. The lowest BCUT2D eigenvalue weighted by Crippen LogP contribution is -2.45. The maximum atomic E-state index is 14.7. The maximum absolute atomic E-state index is 14.7. The van der Waals surface area contributed by atoms with E-state index in [4.69, 9.17) is 0 Å². The number of pyridine rings is 1. The number of likely N-dealkylation sites (tertiary alicyclic amines) is 1. The number of benzene rings is 1. The van der Waals surface area contributed by atoms with Crippen LogP contribution >= 0.6 is 15.9 Å². The van der Waals surface area contributed by atoms with Gasteiger partial charge in [-0.1, -0.05) is 6.07 Å². The first-order chi connectivity index (χ1) is 22.4. The van der Waals surface area contributed by atoms with E-state index in [-0.39, 0.29) is 47.6 Å². The lowest BCUT2D eigenvalue weighted by Gasteiger charge is -2.27. The van der Waals surface area contributed by atoms with E-state index in [0.717, 1.165) is 31.4 Å². The third-order valence-electron chi connectivity index (χ3n) is 9.67. The highest BCUT2D eigenvalue weighted by Crippen LogP contribution is 2.62. The zero-order valence-corrected chi connectivity index (χ0v) is 29.0. The first-order valence-corrected chi connectivity index (χ1v) is 16.7. The van der Waals surface area contributed by atoms with Crippen LogP contribution in [0, 0.1) is 19.3 Å². The molecule has 2 fully saturated rings. The summed E-state index contributed by atoms with van der Waals surface area (Å²) in [6.07, 6.45) is 6.79. The number of carbonyl (C=O) groups excluding carboxylic acids is 3. The molecule has 1 aliphatic heterocycles. The zero-order chi connectivity index (χ0) is 33.6. The highest BCUT2D eigenvalue weighted by atomic mass is 79.9. The number of rotatable bonds is 12. The number of halogens is 2. The Morgan fingerprint density at radius 2 is 1.83 bits per heavy atom. The highest BCUT2D eigenvalue weighted by Gasteiger charge is 2.66. The van der Waals surface area contributed by atoms with Crippen molar-refractivity contribution in [3.05, 3.63) is 69.6 Å². The van der Waals surface area contributed by atoms with Crippen molar-refractivity contribution in [2.45, 2.75) is 78.2 Å². The van der Waals surface area contributed by atoms with Crippen LogP contribution in [-0.2, 0) is 29.2 Å². The third-order valence-corrected chi connectivity index (χ3v) is 10.1. The van der Waals surface area contributed by atoms with Crippen LogP contribution < -0.4 is 0 Å². The van der Waals surface area contributed by atoms with Gasteiger partial charge in [0.1, 0.15) is 29.3 Å². The number of hydrogen-bond acceptors (Lipinski definition) is 8. The lowest BCUT2D eigenvalue weighted by atomic mass is 9.91. The normalized spacial score (nSPS) is 20.2. The minimum absolute atomic E-state index is 0.0459. The molecular weight excluding hydrogens is 665 g/mol. The number of aryl methyl sites for hydroxylation is 2. The van der Waals surface area contributed by atoms with E-state index in [0.29, 0.717) is 50.1 Å². The van der Waals surface area contributed by atoms with Crippen molar-refractivity contribution in [2.75, 3.05) is 20.6 Å². The summed E-state index contributed by atoms with van der Waals surface area (Å²) in [5, 5.41) is 5.02. The Balaban J connectivity index is 1.34. The van der Waals surface area contributed by atoms with E-state index in [1.54, 1.807) is 36.4 Å². The molecule has 6 rings (SSSR count). The Morgan fingerprint density at radius 3 is 2.51 bits per heavy atom. The number of carbonyl (C=O) groups is 3. The van der Waals surface area contributed by atoms with Crippen LogP contribution in [-0.4, -0.2) is 84.7 Å². The van der Waals surface area contributed by atoms with Gasteiger partial charge >= 0.3 is 0 Å². The quantitative estimate of drug-likeness (QED) is 0.141. The van der Waals surface area contributed by atoms with Gasteiger partial charge < -0.3 is 9.80 Å². The Hall–Kier alpha value is -3.90. The van der Waals surface area contributed by atoms with Crippen LogP contribution in [0.5, 0.6) is 0 Å². The fourth-order valence-electron chi connectivity index (χ4n) is 7.18. The number of hydrogen-bond donors (Lipinski definition) is 0. The van der Waals surface area contributed by atoms with Crippen molar-refractivity contribution < 1.29 is 18.8 Å². The van der Waals surface area contributed by atoms with Gasteiger partial charge in [0.05, 0.1) is 23.7 Å². The van der Waals surface area contributed by atoms with Crippen molar-refractivity contribution in [1.29, 1.82) is 0 Å². The molecule has 1 saturated heterocycles. The first kappa shape index (κ1) is 33.0. The summed E-state index contributed by atoms with van der Waals surface area (Å²) < 4.78 is 16.8. The first-order valence-electron chi connectivity index (χ1n) is 15.9. The van der Waals surface area contributed by atoms with E-state index in [1.165, 1.54) is 11.6 Å². The molecule has 10 nitrogen and oxygen atoms in total. The molecule has 12 heteroatoms. The van der Waals surface area contributed by atoms with E-state index >= 15 is 0 Å². The van der Waals surface area contributed by atoms with Gasteiger partial charge in [-0.05, 0) is 111 Å². The van der Waals surface area contributed by atoms with Crippen molar-refractivity contribution in [3.8, 4) is 11.1 Å². The third kappa shape index (κ3) is 6.49. The number of alkyl halides is 1. The SMILES string of the molecule is CC(=O)c1nn(CC(=O)N2[C@H](C(=O)Cc3nc(Br)ccc3C)C[C@@]3(CCCN(C)C)C[C@@H]23)c2c(CF)cc(-c3cnc(C)nc3)cc12. The second-order valence-electron chi connectivity index (χ2n) is 13.3. The van der Waals surface area contributed by atoms with Gasteiger partial charge in [0.15, 0.2) is 11.6 Å². The average Bonchev–Trinajstić information content (AvgIpc) is 3.43. The largest absolute Gasteiger partial charge is 0.327 e. The summed E-state index contributed by atoms with van der Waals surface area (Å²) in [6, 6.07) is 6.59. The summed E-state index contributed by atoms with van der Waals surface area (Å²) >= 11 is 3.41. The summed E-state index contributed by atoms with van der Waals surface area (Å²) in [4.78, 5) is 58.0. The molecule has 0 bridgehead atoms. The van der Waals surface area contributed by atoms with Crippen LogP contribution in [0.2, 0.25) is 0 Å². The maximum Gasteiger partial charge on any atom is 0.245 e. The number of ketones is 2. The number of aromatic nitrogens is 5. The molecule has 246 valence electrons. The molecular formula is C35H39BrFN7O3. The molecule has 1 aliphatic carbocycles. The fraction of sp³-hybridized carbons (Fsp3) is 0.457. The molecule has 4 heterocycles. The summed E-state index contributed by atoms with van der Waals surface area (Å²) in [5.74, 6) is 0.00178. The molecule has 1 saturated carbocycles. The average molecular weight is 705 g/mol. The summed E-state index contributed by atoms with van der Waals surface area (Å²) in [6.45, 7) is 5.00. The van der Waals surface area contributed by atoms with Crippen molar-refractivity contribution >= 4 is 44.3 Å². The zero-order valence-electron chi connectivity index (χ0n) is 27.4. The number of nitrogens with zero attached hydrogens (tertiary/aromatic N) is 7. The topological polar surface area (TPSA) is 114 Å². The van der Waals surface area contributed by atoms with E-state index in [1.807, 2.05) is 33.2 Å². The van der Waals surface area contributed by atoms with Crippen LogP contribution in [0.15, 0.2) is 41.3 Å². The second-order valence-corrected chi connectivity index (χ2v) is 14.1. The lowest BCUT2D eigenvalue weighted by molar-refractivity contribution is -0.139. The number of amides is 1. The van der Waals surface area contributed by atoms with Crippen LogP contribution in [0.25, 0.3) is 22.0 Å². The Kier molecular flexibility index (Phi) is 9.10. The molecule has 3 aromatic heterocycles. The smallest absolute Gasteiger partial charge is 0.245 e. The molecule has 47 heavy (non-hydrogen) atoms. The van der Waals surface area contributed by atoms with Crippen molar-refractivity contribution in [2.24, 2.45) is 5.41 Å². The minimum atomic E-state index is -0.824. The van der Waals surface area contributed by atoms with Gasteiger partial charge in [-0.15, -0.1) is 0 Å². The summed E-state index contributed by atoms with van der Waals surface area (Å²) in [5.41, 5.74) is 3.69. The number of piperidine rings is 1. The van der Waals surface area contributed by atoms with Gasteiger partial charge in [-0.2, -0.15) is 5.10 Å².